The summed E-state index contributed by atoms with van der Waals surface area (Å²) in [6.07, 6.45) is 2.22. The van der Waals surface area contributed by atoms with E-state index in [4.69, 9.17) is 4.74 Å². The topological polar surface area (TPSA) is 69.5 Å². The number of pyridine rings is 1. The van der Waals surface area contributed by atoms with Gasteiger partial charge in [-0.3, -0.25) is 0 Å². The molecule has 2 heterocycles. The maximum Gasteiger partial charge on any atom is 0.410 e. The fraction of sp³-hybridized carbons (Fsp3) is 0.562. The van der Waals surface area contributed by atoms with Gasteiger partial charge in [0.05, 0.1) is 5.56 Å². The molecule has 1 amide bonds. The number of nitrogens with zero attached hydrogens (tertiary/aromatic N) is 4. The van der Waals surface area contributed by atoms with Crippen LogP contribution in [0.2, 0.25) is 0 Å². The van der Waals surface area contributed by atoms with Crippen molar-refractivity contribution < 1.29 is 9.53 Å². The number of aromatic nitrogens is 1. The molecule has 0 spiro atoms. The number of carbonyl (C=O) groups is 1. The van der Waals surface area contributed by atoms with Gasteiger partial charge in [0.15, 0.2) is 0 Å². The summed E-state index contributed by atoms with van der Waals surface area (Å²) in [6, 6.07) is 5.79. The van der Waals surface area contributed by atoms with E-state index in [1.807, 2.05) is 32.7 Å². The van der Waals surface area contributed by atoms with Gasteiger partial charge >= 0.3 is 6.09 Å². The van der Waals surface area contributed by atoms with Crippen molar-refractivity contribution in [3.05, 3.63) is 23.9 Å². The van der Waals surface area contributed by atoms with Crippen molar-refractivity contribution in [2.75, 3.05) is 25.0 Å². The average molecular weight is 302 g/mol. The molecular weight excluding hydrogens is 280 g/mol. The molecule has 1 fully saturated rings. The first-order valence-corrected chi connectivity index (χ1v) is 7.37. The van der Waals surface area contributed by atoms with E-state index in [2.05, 4.69) is 11.1 Å². The molecule has 0 bridgehead atoms. The predicted molar refractivity (Wildman–Crippen MR) is 83.6 cm³/mol. The third-order valence-electron chi connectivity index (χ3n) is 3.60. The number of likely N-dealkylation sites (N-methyl/N-ethyl adjacent to an activating group) is 1. The van der Waals surface area contributed by atoms with Crippen LogP contribution in [0.25, 0.3) is 0 Å². The van der Waals surface area contributed by atoms with E-state index in [9.17, 15) is 10.1 Å². The Morgan fingerprint density at radius 2 is 2.27 bits per heavy atom. The quantitative estimate of drug-likeness (QED) is 0.839. The van der Waals surface area contributed by atoms with Gasteiger partial charge in [0, 0.05) is 32.4 Å². The minimum Gasteiger partial charge on any atom is -0.444 e. The Bertz CT molecular complexity index is 589. The zero-order valence-electron chi connectivity index (χ0n) is 13.5. The maximum atomic E-state index is 12.1. The molecule has 1 saturated heterocycles. The first-order valence-electron chi connectivity index (χ1n) is 7.37. The minimum atomic E-state index is -0.490. The third kappa shape index (κ3) is 3.67. The van der Waals surface area contributed by atoms with E-state index in [1.165, 1.54) is 0 Å². The molecule has 118 valence electrons. The molecule has 1 atom stereocenters. The van der Waals surface area contributed by atoms with Crippen molar-refractivity contribution in [1.29, 1.82) is 5.26 Å². The highest BCUT2D eigenvalue weighted by Crippen LogP contribution is 2.23. The van der Waals surface area contributed by atoms with E-state index in [1.54, 1.807) is 23.2 Å². The summed E-state index contributed by atoms with van der Waals surface area (Å²) in [6.45, 7) is 6.80. The van der Waals surface area contributed by atoms with Gasteiger partial charge < -0.3 is 14.5 Å². The van der Waals surface area contributed by atoms with Crippen LogP contribution >= 0.6 is 0 Å². The van der Waals surface area contributed by atoms with Crippen LogP contribution < -0.4 is 4.90 Å². The normalized spacial score (nSPS) is 18.0. The largest absolute Gasteiger partial charge is 0.444 e. The van der Waals surface area contributed by atoms with Gasteiger partial charge in [-0.25, -0.2) is 9.78 Å². The Morgan fingerprint density at radius 3 is 2.91 bits per heavy atom. The first kappa shape index (κ1) is 16.1. The van der Waals surface area contributed by atoms with Crippen LogP contribution in [-0.4, -0.2) is 47.8 Å². The molecule has 22 heavy (non-hydrogen) atoms. The molecule has 0 aliphatic carbocycles. The standard InChI is InChI=1S/C16H22N4O2/c1-16(2,3)22-15(21)20-9-7-13(11-20)19(4)14-12(10-17)6-5-8-18-14/h5-6,8,13H,7,9,11H2,1-4H3/t13-/m1/s1. The second-order valence-corrected chi connectivity index (χ2v) is 6.47. The summed E-state index contributed by atoms with van der Waals surface area (Å²) in [5.74, 6) is 0.654. The molecule has 1 aliphatic rings. The van der Waals surface area contributed by atoms with Crippen molar-refractivity contribution in [3.8, 4) is 6.07 Å². The van der Waals surface area contributed by atoms with Crippen LogP contribution in [0.15, 0.2) is 18.3 Å². The molecule has 6 heteroatoms. The number of amides is 1. The molecule has 1 aliphatic heterocycles. The van der Waals surface area contributed by atoms with Gasteiger partial charge in [-0.2, -0.15) is 5.26 Å². The van der Waals surface area contributed by atoms with Crippen molar-refractivity contribution in [2.45, 2.75) is 38.8 Å². The lowest BCUT2D eigenvalue weighted by Gasteiger charge is -2.27. The number of likely N-dealkylation sites (tertiary alicyclic amines) is 1. The molecule has 0 aromatic carbocycles. The van der Waals surface area contributed by atoms with E-state index in [-0.39, 0.29) is 12.1 Å². The number of rotatable bonds is 2. The molecule has 2 rings (SSSR count). The summed E-state index contributed by atoms with van der Waals surface area (Å²) in [5, 5.41) is 9.18. The summed E-state index contributed by atoms with van der Waals surface area (Å²) in [5.41, 5.74) is 0.0523. The fourth-order valence-electron chi connectivity index (χ4n) is 2.49. The van der Waals surface area contributed by atoms with Crippen molar-refractivity contribution >= 4 is 11.9 Å². The summed E-state index contributed by atoms with van der Waals surface area (Å²) in [7, 11) is 1.91. The molecule has 1 aromatic rings. The molecule has 6 nitrogen and oxygen atoms in total. The van der Waals surface area contributed by atoms with Gasteiger partial charge in [0.1, 0.15) is 17.5 Å². The third-order valence-corrected chi connectivity index (χ3v) is 3.60. The lowest BCUT2D eigenvalue weighted by atomic mass is 10.2. The van der Waals surface area contributed by atoms with Gasteiger partial charge in [-0.15, -0.1) is 0 Å². The predicted octanol–water partition coefficient (Wildman–Crippen LogP) is 2.40. The second-order valence-electron chi connectivity index (χ2n) is 6.47. The number of hydrogen-bond donors (Lipinski definition) is 0. The number of nitriles is 1. The zero-order valence-corrected chi connectivity index (χ0v) is 13.5. The van der Waals surface area contributed by atoms with Gasteiger partial charge in [-0.05, 0) is 39.3 Å². The average Bonchev–Trinajstić information content (AvgIpc) is 2.94. The van der Waals surface area contributed by atoms with Crippen molar-refractivity contribution in [3.63, 3.8) is 0 Å². The van der Waals surface area contributed by atoms with Crippen molar-refractivity contribution in [1.82, 2.24) is 9.88 Å². The number of anilines is 1. The maximum absolute atomic E-state index is 12.1. The highest BCUT2D eigenvalue weighted by atomic mass is 16.6. The Balaban J connectivity index is 2.04. The number of carbonyl (C=O) groups excluding carboxylic acids is 1. The SMILES string of the molecule is CN(c1ncccc1C#N)[C@@H]1CCN(C(=O)OC(C)(C)C)C1. The van der Waals surface area contributed by atoms with Gasteiger partial charge in [-0.1, -0.05) is 0 Å². The van der Waals surface area contributed by atoms with Crippen LogP contribution in [0.1, 0.15) is 32.8 Å². The van der Waals surface area contributed by atoms with Crippen LogP contribution in [0.5, 0.6) is 0 Å². The number of ether oxygens (including phenoxy) is 1. The Hall–Kier alpha value is -2.29. The van der Waals surface area contributed by atoms with E-state index >= 15 is 0 Å². The van der Waals surface area contributed by atoms with Crippen LogP contribution in [0, 0.1) is 11.3 Å². The minimum absolute atomic E-state index is 0.134. The Kier molecular flexibility index (Phi) is 4.55. The fourth-order valence-corrected chi connectivity index (χ4v) is 2.49. The van der Waals surface area contributed by atoms with E-state index in [0.717, 1.165) is 6.42 Å². The molecule has 0 radical (unpaired) electrons. The second kappa shape index (κ2) is 6.22. The first-order chi connectivity index (χ1) is 10.3. The molecular formula is C16H22N4O2. The highest BCUT2D eigenvalue weighted by molar-refractivity contribution is 5.69. The number of hydrogen-bond acceptors (Lipinski definition) is 5. The smallest absolute Gasteiger partial charge is 0.410 e. The van der Waals surface area contributed by atoms with E-state index < -0.39 is 5.60 Å². The van der Waals surface area contributed by atoms with Gasteiger partial charge in [0.25, 0.3) is 0 Å². The van der Waals surface area contributed by atoms with Crippen LogP contribution in [0.3, 0.4) is 0 Å². The van der Waals surface area contributed by atoms with Crippen molar-refractivity contribution in [2.24, 2.45) is 0 Å². The zero-order chi connectivity index (χ0) is 16.3. The Labute approximate surface area is 131 Å². The van der Waals surface area contributed by atoms with Crippen LogP contribution in [-0.2, 0) is 4.74 Å². The van der Waals surface area contributed by atoms with E-state index in [0.29, 0.717) is 24.5 Å². The summed E-state index contributed by atoms with van der Waals surface area (Å²) >= 11 is 0. The Morgan fingerprint density at radius 1 is 1.55 bits per heavy atom. The highest BCUT2D eigenvalue weighted by Gasteiger charge is 2.32. The molecule has 0 N–H and O–H groups in total. The lowest BCUT2D eigenvalue weighted by molar-refractivity contribution is 0.0292. The molecule has 1 aromatic heterocycles. The van der Waals surface area contributed by atoms with Gasteiger partial charge in [0.2, 0.25) is 0 Å². The monoisotopic (exact) mass is 302 g/mol. The summed E-state index contributed by atoms with van der Waals surface area (Å²) in [4.78, 5) is 20.1. The molecule has 0 unspecified atom stereocenters. The molecule has 0 saturated carbocycles. The summed E-state index contributed by atoms with van der Waals surface area (Å²) < 4.78 is 5.40. The lowest BCUT2D eigenvalue weighted by Crippen LogP contribution is -2.39. The van der Waals surface area contributed by atoms with Crippen LogP contribution in [0.4, 0.5) is 10.6 Å².